The van der Waals surface area contributed by atoms with Crippen LogP contribution in [0.2, 0.25) is 0 Å². The van der Waals surface area contributed by atoms with Crippen LogP contribution in [0.1, 0.15) is 27.4 Å². The molecule has 0 bridgehead atoms. The minimum Gasteiger partial charge on any atom is -0.459 e. The molecule has 2 aromatic rings. The Labute approximate surface area is 122 Å². The lowest BCUT2D eigenvalue weighted by Gasteiger charge is -2.06. The van der Waals surface area contributed by atoms with Gasteiger partial charge in [-0.05, 0) is 26.0 Å². The van der Waals surface area contributed by atoms with E-state index < -0.39 is 5.97 Å². The van der Waals surface area contributed by atoms with Crippen molar-refractivity contribution in [2.45, 2.75) is 20.5 Å². The summed E-state index contributed by atoms with van der Waals surface area (Å²) < 4.78 is 10.1. The number of carbonyl (C=O) groups excluding carboxylic acids is 2. The number of hydrogen-bond acceptors (Lipinski definition) is 5. The Morgan fingerprint density at radius 2 is 1.95 bits per heavy atom. The highest BCUT2D eigenvalue weighted by atomic mass is 16.5. The first-order valence-electron chi connectivity index (χ1n) is 6.48. The summed E-state index contributed by atoms with van der Waals surface area (Å²) in [6, 6.07) is 8.67. The van der Waals surface area contributed by atoms with Gasteiger partial charge in [0.05, 0.1) is 11.3 Å². The van der Waals surface area contributed by atoms with E-state index in [4.69, 9.17) is 9.26 Å². The SMILES string of the molecule is Cc1noc(C)c1COC(=O)CNC(=O)c1ccccc1. The quantitative estimate of drug-likeness (QED) is 0.848. The molecule has 0 atom stereocenters. The summed E-state index contributed by atoms with van der Waals surface area (Å²) in [6.07, 6.45) is 0. The Hall–Kier alpha value is -2.63. The van der Waals surface area contributed by atoms with Crippen molar-refractivity contribution in [3.8, 4) is 0 Å². The Morgan fingerprint density at radius 3 is 2.57 bits per heavy atom. The van der Waals surface area contributed by atoms with Crippen molar-refractivity contribution in [3.05, 3.63) is 52.9 Å². The molecule has 1 N–H and O–H groups in total. The monoisotopic (exact) mass is 288 g/mol. The maximum Gasteiger partial charge on any atom is 0.325 e. The van der Waals surface area contributed by atoms with Crippen LogP contribution in [0.5, 0.6) is 0 Å². The number of benzene rings is 1. The van der Waals surface area contributed by atoms with Gasteiger partial charge in [0.2, 0.25) is 0 Å². The van der Waals surface area contributed by atoms with Gasteiger partial charge in [0.15, 0.2) is 0 Å². The van der Waals surface area contributed by atoms with Crippen LogP contribution in [0, 0.1) is 13.8 Å². The number of amides is 1. The lowest BCUT2D eigenvalue weighted by atomic mass is 10.2. The minimum absolute atomic E-state index is 0.0845. The lowest BCUT2D eigenvalue weighted by Crippen LogP contribution is -2.30. The molecule has 21 heavy (non-hydrogen) atoms. The van der Waals surface area contributed by atoms with Gasteiger partial charge in [-0.15, -0.1) is 0 Å². The number of rotatable bonds is 5. The molecule has 0 spiro atoms. The fraction of sp³-hybridized carbons (Fsp3) is 0.267. The van der Waals surface area contributed by atoms with Gasteiger partial charge >= 0.3 is 5.97 Å². The van der Waals surface area contributed by atoms with Crippen LogP contribution in [0.15, 0.2) is 34.9 Å². The number of nitrogens with one attached hydrogen (secondary N) is 1. The predicted molar refractivity (Wildman–Crippen MR) is 74.5 cm³/mol. The Morgan fingerprint density at radius 1 is 1.24 bits per heavy atom. The second-order valence-electron chi connectivity index (χ2n) is 4.51. The van der Waals surface area contributed by atoms with E-state index >= 15 is 0 Å². The largest absolute Gasteiger partial charge is 0.459 e. The first-order chi connectivity index (χ1) is 10.1. The first kappa shape index (κ1) is 14.8. The zero-order chi connectivity index (χ0) is 15.2. The van der Waals surface area contributed by atoms with Gasteiger partial charge in [-0.25, -0.2) is 0 Å². The number of aryl methyl sites for hydroxylation is 2. The molecular weight excluding hydrogens is 272 g/mol. The van der Waals surface area contributed by atoms with Gasteiger partial charge in [0, 0.05) is 5.56 Å². The Kier molecular flexibility index (Phi) is 4.71. The summed E-state index contributed by atoms with van der Waals surface area (Å²) in [4.78, 5) is 23.4. The first-order valence-corrected chi connectivity index (χ1v) is 6.48. The van der Waals surface area contributed by atoms with Crippen molar-refractivity contribution in [1.29, 1.82) is 0 Å². The van der Waals surface area contributed by atoms with Gasteiger partial charge in [-0.3, -0.25) is 9.59 Å². The summed E-state index contributed by atoms with van der Waals surface area (Å²) in [5.74, 6) is -0.210. The number of hydrogen-bond donors (Lipinski definition) is 1. The van der Waals surface area contributed by atoms with Crippen LogP contribution < -0.4 is 5.32 Å². The zero-order valence-corrected chi connectivity index (χ0v) is 11.9. The maximum absolute atomic E-state index is 11.7. The van der Waals surface area contributed by atoms with Crippen molar-refractivity contribution in [2.75, 3.05) is 6.54 Å². The van der Waals surface area contributed by atoms with Gasteiger partial charge in [0.25, 0.3) is 5.91 Å². The molecule has 1 amide bonds. The summed E-state index contributed by atoms with van der Waals surface area (Å²) in [5.41, 5.74) is 1.93. The Balaban J connectivity index is 1.79. The fourth-order valence-corrected chi connectivity index (χ4v) is 1.76. The summed E-state index contributed by atoms with van der Waals surface area (Å²) in [6.45, 7) is 3.43. The molecular formula is C15H16N2O4. The van der Waals surface area contributed by atoms with E-state index in [2.05, 4.69) is 10.5 Å². The van der Waals surface area contributed by atoms with E-state index in [1.54, 1.807) is 38.1 Å². The van der Waals surface area contributed by atoms with Gasteiger partial charge in [-0.1, -0.05) is 23.4 Å². The average Bonchev–Trinajstić information content (AvgIpc) is 2.82. The molecule has 2 rings (SSSR count). The van der Waals surface area contributed by atoms with Gasteiger partial charge in [0.1, 0.15) is 18.9 Å². The third kappa shape index (κ3) is 3.92. The van der Waals surface area contributed by atoms with Crippen molar-refractivity contribution in [3.63, 3.8) is 0 Å². The van der Waals surface area contributed by atoms with E-state index in [1.807, 2.05) is 6.07 Å². The normalized spacial score (nSPS) is 10.2. The van der Waals surface area contributed by atoms with Crippen molar-refractivity contribution in [2.24, 2.45) is 0 Å². The standard InChI is InChI=1S/C15H16N2O4/c1-10-13(11(2)21-17-10)9-20-14(18)8-16-15(19)12-6-4-3-5-7-12/h3-7H,8-9H2,1-2H3,(H,16,19). The second kappa shape index (κ2) is 6.69. The smallest absolute Gasteiger partial charge is 0.325 e. The average molecular weight is 288 g/mol. The highest BCUT2D eigenvalue weighted by molar-refractivity contribution is 5.95. The maximum atomic E-state index is 11.7. The molecule has 0 saturated carbocycles. The van der Waals surface area contributed by atoms with Gasteiger partial charge < -0.3 is 14.6 Å². The molecule has 110 valence electrons. The van der Waals surface area contributed by atoms with Crippen LogP contribution in [0.25, 0.3) is 0 Å². The van der Waals surface area contributed by atoms with Crippen LogP contribution in [-0.2, 0) is 16.1 Å². The van der Waals surface area contributed by atoms with Crippen molar-refractivity contribution >= 4 is 11.9 Å². The molecule has 0 fully saturated rings. The third-order valence-electron chi connectivity index (χ3n) is 2.99. The third-order valence-corrected chi connectivity index (χ3v) is 2.99. The summed E-state index contributed by atoms with van der Waals surface area (Å²) in [5, 5.41) is 6.28. The molecule has 1 heterocycles. The molecule has 0 aliphatic carbocycles. The number of esters is 1. The highest BCUT2D eigenvalue weighted by Gasteiger charge is 2.12. The fourth-order valence-electron chi connectivity index (χ4n) is 1.76. The molecule has 0 unspecified atom stereocenters. The van der Waals surface area contributed by atoms with E-state index in [1.165, 1.54) is 0 Å². The highest BCUT2D eigenvalue weighted by Crippen LogP contribution is 2.13. The number of nitrogens with zero attached hydrogens (tertiary/aromatic N) is 1. The number of aromatic nitrogens is 1. The van der Waals surface area contributed by atoms with Crippen LogP contribution in [-0.4, -0.2) is 23.6 Å². The molecule has 1 aromatic heterocycles. The van der Waals surface area contributed by atoms with E-state index in [-0.39, 0.29) is 19.1 Å². The molecule has 1 aromatic carbocycles. The van der Waals surface area contributed by atoms with Crippen LogP contribution in [0.4, 0.5) is 0 Å². The molecule has 6 nitrogen and oxygen atoms in total. The molecule has 0 aliphatic rings. The second-order valence-corrected chi connectivity index (χ2v) is 4.51. The van der Waals surface area contributed by atoms with E-state index in [0.717, 1.165) is 5.56 Å². The van der Waals surface area contributed by atoms with Crippen LogP contribution >= 0.6 is 0 Å². The number of ether oxygens (including phenoxy) is 1. The molecule has 0 radical (unpaired) electrons. The topological polar surface area (TPSA) is 81.4 Å². The lowest BCUT2D eigenvalue weighted by molar-refractivity contribution is -0.143. The summed E-state index contributed by atoms with van der Waals surface area (Å²) in [7, 11) is 0. The molecule has 0 aliphatic heterocycles. The minimum atomic E-state index is -0.515. The number of carbonyl (C=O) groups is 2. The zero-order valence-electron chi connectivity index (χ0n) is 11.9. The van der Waals surface area contributed by atoms with Crippen LogP contribution in [0.3, 0.4) is 0 Å². The predicted octanol–water partition coefficient (Wildman–Crippen LogP) is 1.76. The molecule has 0 saturated heterocycles. The van der Waals surface area contributed by atoms with Crippen molar-refractivity contribution < 1.29 is 18.8 Å². The van der Waals surface area contributed by atoms with Gasteiger partial charge in [-0.2, -0.15) is 0 Å². The molecule has 6 heteroatoms. The summed E-state index contributed by atoms with van der Waals surface area (Å²) >= 11 is 0. The Bertz CT molecular complexity index is 615. The van der Waals surface area contributed by atoms with E-state index in [9.17, 15) is 9.59 Å². The van der Waals surface area contributed by atoms with E-state index in [0.29, 0.717) is 17.0 Å². The van der Waals surface area contributed by atoms with Crippen molar-refractivity contribution in [1.82, 2.24) is 10.5 Å².